The molecule has 136 valence electrons. The number of para-hydroxylation sites is 1. The number of benzene rings is 2. The monoisotopic (exact) mass is 397 g/mol. The van der Waals surface area contributed by atoms with Crippen molar-refractivity contribution < 1.29 is 4.79 Å². The van der Waals surface area contributed by atoms with E-state index in [9.17, 15) is 10.1 Å². The lowest BCUT2D eigenvalue weighted by Gasteiger charge is -2.30. The van der Waals surface area contributed by atoms with E-state index in [2.05, 4.69) is 16.4 Å². The lowest BCUT2D eigenvalue weighted by Crippen LogP contribution is -2.31. The fourth-order valence-electron chi connectivity index (χ4n) is 3.31. The van der Waals surface area contributed by atoms with Crippen molar-refractivity contribution >= 4 is 40.5 Å². The maximum Gasteiger partial charge on any atom is 0.254 e. The summed E-state index contributed by atoms with van der Waals surface area (Å²) in [5, 5.41) is 13.6. The zero-order valence-corrected chi connectivity index (χ0v) is 16.3. The molecule has 1 amide bonds. The second-order valence-electron chi connectivity index (χ2n) is 6.32. The fraction of sp³-hybridized carbons (Fsp3) is 0.190. The molecule has 1 aliphatic heterocycles. The van der Waals surface area contributed by atoms with Crippen LogP contribution in [0.5, 0.6) is 0 Å². The summed E-state index contributed by atoms with van der Waals surface area (Å²) in [6.45, 7) is 3.56. The molecule has 27 heavy (non-hydrogen) atoms. The molecule has 1 N–H and O–H groups in total. The van der Waals surface area contributed by atoms with E-state index < -0.39 is 11.8 Å². The van der Waals surface area contributed by atoms with E-state index >= 15 is 0 Å². The molecule has 2 aromatic rings. The van der Waals surface area contributed by atoms with Gasteiger partial charge in [-0.2, -0.15) is 5.26 Å². The topological polar surface area (TPSA) is 65.2 Å². The normalized spacial score (nSPS) is 19.3. The molecule has 1 aliphatic rings. The molecule has 0 spiro atoms. The third-order valence-electron chi connectivity index (χ3n) is 4.54. The second-order valence-corrected chi connectivity index (χ2v) is 7.17. The Balaban J connectivity index is 2.10. The molecule has 0 aromatic heterocycles. The second kappa shape index (κ2) is 7.96. The van der Waals surface area contributed by atoms with Gasteiger partial charge in [0, 0.05) is 38.6 Å². The molecule has 4 nitrogen and oxygen atoms in total. The van der Waals surface area contributed by atoms with Crippen molar-refractivity contribution in [3.05, 3.63) is 75.4 Å². The largest absolute Gasteiger partial charge is 0.322 e. The van der Waals surface area contributed by atoms with E-state index in [0.717, 1.165) is 0 Å². The molecule has 0 aliphatic carbocycles. The van der Waals surface area contributed by atoms with Gasteiger partial charge in [-0.05, 0) is 43.7 Å². The van der Waals surface area contributed by atoms with Gasteiger partial charge >= 0.3 is 0 Å². The van der Waals surface area contributed by atoms with Crippen molar-refractivity contribution in [2.45, 2.75) is 19.8 Å². The van der Waals surface area contributed by atoms with Gasteiger partial charge < -0.3 is 5.32 Å². The van der Waals surface area contributed by atoms with Gasteiger partial charge in [0.1, 0.15) is 0 Å². The Labute approximate surface area is 168 Å². The van der Waals surface area contributed by atoms with E-state index in [1.165, 1.54) is 0 Å². The predicted molar refractivity (Wildman–Crippen MR) is 109 cm³/mol. The molecule has 3 rings (SSSR count). The van der Waals surface area contributed by atoms with Crippen LogP contribution in [0, 0.1) is 17.2 Å². The average molecular weight is 398 g/mol. The van der Waals surface area contributed by atoms with Gasteiger partial charge in [-0.3, -0.25) is 9.79 Å². The van der Waals surface area contributed by atoms with Crippen LogP contribution in [-0.2, 0) is 4.79 Å². The van der Waals surface area contributed by atoms with Crippen molar-refractivity contribution in [3.63, 3.8) is 0 Å². The quantitative estimate of drug-likeness (QED) is 0.731. The molecule has 2 unspecified atom stereocenters. The van der Waals surface area contributed by atoms with E-state index in [4.69, 9.17) is 23.2 Å². The highest BCUT2D eigenvalue weighted by Gasteiger charge is 2.38. The lowest BCUT2D eigenvalue weighted by molar-refractivity contribution is -0.113. The average Bonchev–Trinajstić information content (AvgIpc) is 2.62. The first-order valence-electron chi connectivity index (χ1n) is 8.39. The van der Waals surface area contributed by atoms with Crippen molar-refractivity contribution in [2.75, 3.05) is 5.32 Å². The van der Waals surface area contributed by atoms with Crippen LogP contribution in [0.15, 0.2) is 64.8 Å². The van der Waals surface area contributed by atoms with Gasteiger partial charge in [-0.25, -0.2) is 0 Å². The number of halogens is 2. The zero-order chi connectivity index (χ0) is 19.6. The first-order chi connectivity index (χ1) is 12.9. The van der Waals surface area contributed by atoms with E-state index in [1.54, 1.807) is 44.2 Å². The Hall–Kier alpha value is -2.61. The van der Waals surface area contributed by atoms with Crippen LogP contribution in [0.4, 0.5) is 5.69 Å². The molecule has 1 heterocycles. The molecule has 2 atom stereocenters. The molecule has 0 saturated carbocycles. The highest BCUT2D eigenvalue weighted by Crippen LogP contribution is 2.42. The van der Waals surface area contributed by atoms with E-state index in [-0.39, 0.29) is 5.91 Å². The Morgan fingerprint density at radius 3 is 2.48 bits per heavy atom. The summed E-state index contributed by atoms with van der Waals surface area (Å²) >= 11 is 12.4. The van der Waals surface area contributed by atoms with Crippen LogP contribution in [-0.4, -0.2) is 11.6 Å². The van der Waals surface area contributed by atoms with Crippen molar-refractivity contribution in [2.24, 2.45) is 10.9 Å². The fourth-order valence-corrected chi connectivity index (χ4v) is 3.84. The number of nitrogens with zero attached hydrogens (tertiary/aromatic N) is 2. The number of hydrogen-bond donors (Lipinski definition) is 1. The highest BCUT2D eigenvalue weighted by atomic mass is 35.5. The minimum absolute atomic E-state index is 0.300. The Morgan fingerprint density at radius 1 is 1.15 bits per heavy atom. The molecular formula is C21H17Cl2N3O. The molecule has 0 fully saturated rings. The third-order valence-corrected chi connectivity index (χ3v) is 5.10. The van der Waals surface area contributed by atoms with Gasteiger partial charge in [0.25, 0.3) is 5.91 Å². The number of hydrogen-bond acceptors (Lipinski definition) is 3. The van der Waals surface area contributed by atoms with Gasteiger partial charge in [0.15, 0.2) is 0 Å². The Morgan fingerprint density at radius 2 is 1.85 bits per heavy atom. The van der Waals surface area contributed by atoms with E-state index in [1.807, 2.05) is 18.2 Å². The molecule has 0 saturated heterocycles. The van der Waals surface area contributed by atoms with Crippen LogP contribution >= 0.6 is 23.2 Å². The van der Waals surface area contributed by atoms with Crippen LogP contribution in [0.1, 0.15) is 25.3 Å². The standard InChI is InChI=1S/C21H17Cl2N3O/c1-12-17(11-24)20(16-9-8-14(22)10-18(16)23)19(13(2)25-12)21(27)26-15-6-4-3-5-7-15/h3-10,17,20H,1-2H3,(H,26,27). The smallest absolute Gasteiger partial charge is 0.254 e. The summed E-state index contributed by atoms with van der Waals surface area (Å²) in [4.78, 5) is 17.5. The van der Waals surface area contributed by atoms with Crippen molar-refractivity contribution in [1.82, 2.24) is 0 Å². The summed E-state index contributed by atoms with van der Waals surface area (Å²) in [6.07, 6.45) is 0. The predicted octanol–water partition coefficient (Wildman–Crippen LogP) is 5.60. The van der Waals surface area contributed by atoms with Gasteiger partial charge in [-0.1, -0.05) is 47.5 Å². The lowest BCUT2D eigenvalue weighted by atomic mass is 9.76. The zero-order valence-electron chi connectivity index (χ0n) is 14.8. The summed E-state index contributed by atoms with van der Waals surface area (Å²) in [7, 11) is 0. The summed E-state index contributed by atoms with van der Waals surface area (Å²) in [5.74, 6) is -1.42. The molecular weight excluding hydrogens is 381 g/mol. The van der Waals surface area contributed by atoms with E-state index in [0.29, 0.717) is 38.3 Å². The maximum atomic E-state index is 13.1. The minimum atomic E-state index is -0.594. The number of aliphatic imine (C=N–C) groups is 1. The number of rotatable bonds is 3. The Bertz CT molecular complexity index is 990. The summed E-state index contributed by atoms with van der Waals surface area (Å²) < 4.78 is 0. The third kappa shape index (κ3) is 3.90. The van der Waals surface area contributed by atoms with Gasteiger partial charge in [0.05, 0.1) is 12.0 Å². The van der Waals surface area contributed by atoms with Gasteiger partial charge in [0.2, 0.25) is 0 Å². The summed E-state index contributed by atoms with van der Waals surface area (Å²) in [5.41, 5.74) is 3.01. The first kappa shape index (κ1) is 19.2. The van der Waals surface area contributed by atoms with Gasteiger partial charge in [-0.15, -0.1) is 0 Å². The molecule has 0 radical (unpaired) electrons. The van der Waals surface area contributed by atoms with Crippen LogP contribution in [0.25, 0.3) is 0 Å². The molecule has 6 heteroatoms. The van der Waals surface area contributed by atoms with Crippen molar-refractivity contribution in [1.29, 1.82) is 5.26 Å². The maximum absolute atomic E-state index is 13.1. The van der Waals surface area contributed by atoms with Crippen LogP contribution in [0.3, 0.4) is 0 Å². The number of carbonyl (C=O) groups is 1. The number of amides is 1. The number of anilines is 1. The SMILES string of the molecule is CC1=NC(C)=C(C(=O)Nc2ccccc2)C(c2ccc(Cl)cc2Cl)C1C#N. The number of nitriles is 1. The Kier molecular flexibility index (Phi) is 5.65. The number of allylic oxidation sites excluding steroid dienone is 1. The first-order valence-corrected chi connectivity index (χ1v) is 9.15. The number of nitrogens with one attached hydrogen (secondary N) is 1. The van der Waals surface area contributed by atoms with Crippen molar-refractivity contribution in [3.8, 4) is 6.07 Å². The molecule has 0 bridgehead atoms. The summed E-state index contributed by atoms with van der Waals surface area (Å²) in [6, 6.07) is 16.5. The highest BCUT2D eigenvalue weighted by molar-refractivity contribution is 6.35. The number of carbonyl (C=O) groups excluding carboxylic acids is 1. The minimum Gasteiger partial charge on any atom is -0.322 e. The van der Waals surface area contributed by atoms with Crippen LogP contribution in [0.2, 0.25) is 10.0 Å². The molecule has 2 aromatic carbocycles. The van der Waals surface area contributed by atoms with Crippen LogP contribution < -0.4 is 5.32 Å².